The van der Waals surface area contributed by atoms with E-state index in [2.05, 4.69) is 5.32 Å². The van der Waals surface area contributed by atoms with Gasteiger partial charge >= 0.3 is 0 Å². The summed E-state index contributed by atoms with van der Waals surface area (Å²) in [5.41, 5.74) is -0.264. The van der Waals surface area contributed by atoms with E-state index >= 15 is 0 Å². The summed E-state index contributed by atoms with van der Waals surface area (Å²) in [5, 5.41) is 7.92. The van der Waals surface area contributed by atoms with Gasteiger partial charge in [0.1, 0.15) is 4.21 Å². The summed E-state index contributed by atoms with van der Waals surface area (Å²) >= 11 is 1.10. The van der Waals surface area contributed by atoms with Gasteiger partial charge in [0.2, 0.25) is 15.9 Å². The number of amides is 1. The van der Waals surface area contributed by atoms with Gasteiger partial charge in [-0.15, -0.1) is 11.3 Å². The van der Waals surface area contributed by atoms with Crippen LogP contribution in [0.25, 0.3) is 0 Å². The number of nitrogens with two attached hydrogens (primary N) is 1. The molecule has 1 saturated carbocycles. The van der Waals surface area contributed by atoms with Gasteiger partial charge in [0.25, 0.3) is 0 Å². The Morgan fingerprint density at radius 1 is 1.42 bits per heavy atom. The van der Waals surface area contributed by atoms with Crippen LogP contribution in [-0.4, -0.2) is 14.3 Å². The van der Waals surface area contributed by atoms with Gasteiger partial charge in [0, 0.05) is 10.3 Å². The van der Waals surface area contributed by atoms with Crippen LogP contribution in [0.1, 0.15) is 37.5 Å². The Hall–Kier alpha value is -0.920. The van der Waals surface area contributed by atoms with Gasteiger partial charge in [0.15, 0.2) is 0 Å². The largest absolute Gasteiger partial charge is 0.351 e. The van der Waals surface area contributed by atoms with E-state index in [1.807, 2.05) is 6.92 Å². The topological polar surface area (TPSA) is 89.3 Å². The summed E-state index contributed by atoms with van der Waals surface area (Å²) in [7, 11) is -3.64. The highest BCUT2D eigenvalue weighted by Gasteiger charge is 2.35. The summed E-state index contributed by atoms with van der Waals surface area (Å²) in [6.45, 7) is 2.34. The summed E-state index contributed by atoms with van der Waals surface area (Å²) < 4.78 is 22.4. The van der Waals surface area contributed by atoms with Crippen LogP contribution in [0, 0.1) is 5.41 Å². The average Bonchev–Trinajstić information content (AvgIpc) is 2.94. The smallest absolute Gasteiger partial charge is 0.247 e. The standard InChI is InChI=1S/C12H18N2O3S2/c1-12(6-2-3-7-12)11(15)14-8-9-4-5-10(18-9)19(13,16)17/h4-5H,2-3,6-8H2,1H3,(H,14,15)(H2,13,16,17). The highest BCUT2D eigenvalue weighted by atomic mass is 32.2. The van der Waals surface area contributed by atoms with Gasteiger partial charge in [-0.1, -0.05) is 19.8 Å². The molecule has 1 amide bonds. The maximum absolute atomic E-state index is 12.1. The predicted octanol–water partition coefficient (Wildman–Crippen LogP) is 1.59. The molecule has 0 atom stereocenters. The first kappa shape index (κ1) is 14.5. The van der Waals surface area contributed by atoms with E-state index in [4.69, 9.17) is 5.14 Å². The fourth-order valence-corrected chi connectivity index (χ4v) is 4.09. The fourth-order valence-electron chi connectivity index (χ4n) is 2.37. The van der Waals surface area contributed by atoms with E-state index < -0.39 is 10.0 Å². The zero-order valence-corrected chi connectivity index (χ0v) is 12.4. The summed E-state index contributed by atoms with van der Waals surface area (Å²) in [6.07, 6.45) is 4.04. The Morgan fingerprint density at radius 3 is 2.58 bits per heavy atom. The van der Waals surface area contributed by atoms with Crippen LogP contribution < -0.4 is 10.5 Å². The van der Waals surface area contributed by atoms with Crippen LogP contribution in [0.5, 0.6) is 0 Å². The van der Waals surface area contributed by atoms with Crippen molar-refractivity contribution >= 4 is 27.3 Å². The van der Waals surface area contributed by atoms with Crippen LogP contribution in [0.2, 0.25) is 0 Å². The monoisotopic (exact) mass is 302 g/mol. The molecule has 7 heteroatoms. The van der Waals surface area contributed by atoms with E-state index in [1.54, 1.807) is 6.07 Å². The van der Waals surface area contributed by atoms with Crippen molar-refractivity contribution < 1.29 is 13.2 Å². The SMILES string of the molecule is CC1(C(=O)NCc2ccc(S(N)(=O)=O)s2)CCCC1. The highest BCUT2D eigenvalue weighted by Crippen LogP contribution is 2.37. The minimum Gasteiger partial charge on any atom is -0.351 e. The molecule has 5 nitrogen and oxygen atoms in total. The molecule has 19 heavy (non-hydrogen) atoms. The minimum atomic E-state index is -3.64. The number of carbonyl (C=O) groups is 1. The molecule has 1 aliphatic carbocycles. The Kier molecular flexibility index (Phi) is 3.98. The normalized spacial score (nSPS) is 18.4. The second kappa shape index (κ2) is 5.22. The molecule has 0 unspecified atom stereocenters. The number of nitrogens with one attached hydrogen (secondary N) is 1. The van der Waals surface area contributed by atoms with E-state index in [0.29, 0.717) is 6.54 Å². The number of primary sulfonamides is 1. The molecule has 1 aliphatic rings. The molecule has 0 aromatic carbocycles. The van der Waals surface area contributed by atoms with Crippen LogP contribution in [0.4, 0.5) is 0 Å². The van der Waals surface area contributed by atoms with E-state index in [9.17, 15) is 13.2 Å². The lowest BCUT2D eigenvalue weighted by molar-refractivity contribution is -0.130. The molecular weight excluding hydrogens is 284 g/mol. The van der Waals surface area contributed by atoms with Crippen LogP contribution in [0.15, 0.2) is 16.3 Å². The quantitative estimate of drug-likeness (QED) is 0.885. The minimum absolute atomic E-state index is 0.0514. The molecular formula is C12H18N2O3S2. The molecule has 0 spiro atoms. The maximum atomic E-state index is 12.1. The van der Waals surface area contributed by atoms with Crippen molar-refractivity contribution in [3.8, 4) is 0 Å². The lowest BCUT2D eigenvalue weighted by Crippen LogP contribution is -2.36. The van der Waals surface area contributed by atoms with E-state index in [1.165, 1.54) is 6.07 Å². The first-order valence-corrected chi connectivity index (χ1v) is 8.57. The van der Waals surface area contributed by atoms with Crippen molar-refractivity contribution in [1.82, 2.24) is 5.32 Å². The van der Waals surface area contributed by atoms with Gasteiger partial charge in [-0.2, -0.15) is 0 Å². The summed E-state index contributed by atoms with van der Waals surface area (Å²) in [5.74, 6) is 0.0514. The van der Waals surface area contributed by atoms with Gasteiger partial charge in [-0.3, -0.25) is 4.79 Å². The van der Waals surface area contributed by atoms with Crippen molar-refractivity contribution in [3.63, 3.8) is 0 Å². The Balaban J connectivity index is 1.96. The van der Waals surface area contributed by atoms with Crippen LogP contribution >= 0.6 is 11.3 Å². The Labute approximate surface area is 117 Å². The Bertz CT molecular complexity index is 572. The molecule has 2 rings (SSSR count). The zero-order chi connectivity index (χ0) is 14.1. The first-order chi connectivity index (χ1) is 8.81. The van der Waals surface area contributed by atoms with E-state index in [-0.39, 0.29) is 15.5 Å². The third-order valence-electron chi connectivity index (χ3n) is 3.60. The number of rotatable bonds is 4. The second-order valence-electron chi connectivity index (χ2n) is 5.22. The molecule has 106 valence electrons. The number of sulfonamides is 1. The molecule has 3 N–H and O–H groups in total. The Morgan fingerprint density at radius 2 is 2.05 bits per heavy atom. The van der Waals surface area contributed by atoms with Crippen molar-refractivity contribution in [2.75, 3.05) is 0 Å². The second-order valence-corrected chi connectivity index (χ2v) is 8.17. The number of hydrogen-bond acceptors (Lipinski definition) is 4. The van der Waals surface area contributed by atoms with Crippen molar-refractivity contribution in [3.05, 3.63) is 17.0 Å². The number of carbonyl (C=O) groups excluding carboxylic acids is 1. The van der Waals surface area contributed by atoms with Gasteiger partial charge in [-0.05, 0) is 25.0 Å². The van der Waals surface area contributed by atoms with Crippen molar-refractivity contribution in [2.45, 2.75) is 43.4 Å². The molecule has 0 bridgehead atoms. The molecule has 1 heterocycles. The van der Waals surface area contributed by atoms with Crippen LogP contribution in [0.3, 0.4) is 0 Å². The molecule has 1 aromatic heterocycles. The third-order valence-corrected chi connectivity index (χ3v) is 6.12. The average molecular weight is 302 g/mol. The third kappa shape index (κ3) is 3.34. The zero-order valence-electron chi connectivity index (χ0n) is 10.8. The molecule has 0 saturated heterocycles. The summed E-state index contributed by atoms with van der Waals surface area (Å²) in [6, 6.07) is 3.15. The van der Waals surface area contributed by atoms with Crippen LogP contribution in [-0.2, 0) is 21.4 Å². The van der Waals surface area contributed by atoms with Gasteiger partial charge < -0.3 is 5.32 Å². The maximum Gasteiger partial charge on any atom is 0.247 e. The lowest BCUT2D eigenvalue weighted by atomic mass is 9.88. The lowest BCUT2D eigenvalue weighted by Gasteiger charge is -2.21. The van der Waals surface area contributed by atoms with Gasteiger partial charge in [0.05, 0.1) is 6.54 Å². The highest BCUT2D eigenvalue weighted by molar-refractivity contribution is 7.91. The number of thiophene rings is 1. The van der Waals surface area contributed by atoms with Crippen molar-refractivity contribution in [1.29, 1.82) is 0 Å². The molecule has 1 fully saturated rings. The van der Waals surface area contributed by atoms with Gasteiger partial charge in [-0.25, -0.2) is 13.6 Å². The first-order valence-electron chi connectivity index (χ1n) is 6.21. The van der Waals surface area contributed by atoms with E-state index in [0.717, 1.165) is 41.9 Å². The molecule has 0 radical (unpaired) electrons. The van der Waals surface area contributed by atoms with Crippen molar-refractivity contribution in [2.24, 2.45) is 10.6 Å². The predicted molar refractivity (Wildman–Crippen MR) is 74.1 cm³/mol. The summed E-state index contributed by atoms with van der Waals surface area (Å²) in [4.78, 5) is 12.9. The molecule has 0 aliphatic heterocycles. The molecule has 1 aromatic rings. The fraction of sp³-hybridized carbons (Fsp3) is 0.583. The number of hydrogen-bond donors (Lipinski definition) is 2.